The fourth-order valence-electron chi connectivity index (χ4n) is 3.22. The number of ether oxygens (including phenoxy) is 1. The Hall–Kier alpha value is -3.16. The van der Waals surface area contributed by atoms with Gasteiger partial charge in [-0.1, -0.05) is 6.07 Å². The minimum absolute atomic E-state index is 0.0442. The summed E-state index contributed by atoms with van der Waals surface area (Å²) < 4.78 is 5.22. The van der Waals surface area contributed by atoms with E-state index in [1.54, 1.807) is 36.5 Å². The molecule has 1 saturated heterocycles. The van der Waals surface area contributed by atoms with Crippen molar-refractivity contribution in [2.75, 3.05) is 49.6 Å². The van der Waals surface area contributed by atoms with Crippen LogP contribution < -0.4 is 14.5 Å². The van der Waals surface area contributed by atoms with Crippen LogP contribution in [0.2, 0.25) is 0 Å². The van der Waals surface area contributed by atoms with E-state index in [0.717, 1.165) is 5.69 Å². The summed E-state index contributed by atoms with van der Waals surface area (Å²) in [7, 11) is 1.58. The van der Waals surface area contributed by atoms with Crippen molar-refractivity contribution in [1.29, 1.82) is 0 Å². The highest BCUT2D eigenvalue weighted by atomic mass is 16.5. The molecular formula is C20H25N5O3. The van der Waals surface area contributed by atoms with Gasteiger partial charge in [-0.3, -0.25) is 9.59 Å². The van der Waals surface area contributed by atoms with Gasteiger partial charge < -0.3 is 19.4 Å². The monoisotopic (exact) mass is 383 g/mol. The number of nitrogens with zero attached hydrogens (tertiary/aromatic N) is 5. The first-order chi connectivity index (χ1) is 13.6. The van der Waals surface area contributed by atoms with E-state index in [4.69, 9.17) is 4.74 Å². The number of carbonyl (C=O) groups excluding carboxylic acids is 2. The molecule has 0 bridgehead atoms. The van der Waals surface area contributed by atoms with Gasteiger partial charge in [-0.05, 0) is 18.2 Å². The van der Waals surface area contributed by atoms with Crippen LogP contribution in [0, 0.1) is 0 Å². The summed E-state index contributed by atoms with van der Waals surface area (Å²) in [5.74, 6) is 1.31. The molecule has 1 aromatic carbocycles. The molecule has 28 heavy (non-hydrogen) atoms. The number of carbonyl (C=O) groups is 2. The standard InChI is InChI=1S/C20H25N5O3/c1-16(26)25(17-5-3-6-18(15-17)28-2)10-7-19(27)23-11-13-24(14-12-23)20-21-8-4-9-22-20/h3-6,8-9,15H,7,10-14H2,1-2H3. The zero-order valence-corrected chi connectivity index (χ0v) is 16.2. The number of hydrogen-bond donors (Lipinski definition) is 0. The van der Waals surface area contributed by atoms with Crippen molar-refractivity contribution in [3.05, 3.63) is 42.7 Å². The van der Waals surface area contributed by atoms with Gasteiger partial charge in [0.25, 0.3) is 0 Å². The molecule has 1 aliphatic rings. The predicted molar refractivity (Wildman–Crippen MR) is 106 cm³/mol. The van der Waals surface area contributed by atoms with Crippen LogP contribution in [0.25, 0.3) is 0 Å². The lowest BCUT2D eigenvalue weighted by molar-refractivity contribution is -0.131. The number of anilines is 2. The van der Waals surface area contributed by atoms with E-state index in [-0.39, 0.29) is 18.2 Å². The van der Waals surface area contributed by atoms with Crippen molar-refractivity contribution in [3.63, 3.8) is 0 Å². The van der Waals surface area contributed by atoms with E-state index >= 15 is 0 Å². The molecule has 0 saturated carbocycles. The Labute approximate surface area is 164 Å². The molecule has 0 atom stereocenters. The Bertz CT molecular complexity index is 806. The smallest absolute Gasteiger partial charge is 0.225 e. The summed E-state index contributed by atoms with van der Waals surface area (Å²) in [4.78, 5) is 38.7. The van der Waals surface area contributed by atoms with Crippen LogP contribution in [-0.2, 0) is 9.59 Å². The Kier molecular flexibility index (Phi) is 6.41. The van der Waals surface area contributed by atoms with Gasteiger partial charge in [-0.2, -0.15) is 0 Å². The third kappa shape index (κ3) is 4.76. The van der Waals surface area contributed by atoms with Crippen LogP contribution in [-0.4, -0.2) is 66.5 Å². The molecule has 0 aliphatic carbocycles. The molecule has 0 unspecified atom stereocenters. The second-order valence-electron chi connectivity index (χ2n) is 6.54. The summed E-state index contributed by atoms with van der Waals surface area (Å²) in [6.07, 6.45) is 3.71. The summed E-state index contributed by atoms with van der Waals surface area (Å²) in [6.45, 7) is 4.47. The Morgan fingerprint density at radius 3 is 2.46 bits per heavy atom. The zero-order chi connectivity index (χ0) is 19.9. The fourth-order valence-corrected chi connectivity index (χ4v) is 3.22. The maximum absolute atomic E-state index is 12.6. The van der Waals surface area contributed by atoms with Crippen molar-refractivity contribution in [2.24, 2.45) is 0 Å². The molecule has 8 heteroatoms. The number of piperazine rings is 1. The first-order valence-corrected chi connectivity index (χ1v) is 9.30. The van der Waals surface area contributed by atoms with E-state index < -0.39 is 0 Å². The number of aromatic nitrogens is 2. The van der Waals surface area contributed by atoms with Crippen LogP contribution in [0.1, 0.15) is 13.3 Å². The highest BCUT2D eigenvalue weighted by Crippen LogP contribution is 2.21. The Balaban J connectivity index is 1.54. The summed E-state index contributed by atoms with van der Waals surface area (Å²) >= 11 is 0. The second-order valence-corrected chi connectivity index (χ2v) is 6.54. The number of hydrogen-bond acceptors (Lipinski definition) is 6. The van der Waals surface area contributed by atoms with E-state index in [1.807, 2.05) is 23.1 Å². The number of rotatable bonds is 6. The average Bonchev–Trinajstić information content (AvgIpc) is 2.74. The molecule has 3 rings (SSSR count). The molecule has 1 fully saturated rings. The van der Waals surface area contributed by atoms with Crippen molar-refractivity contribution in [3.8, 4) is 5.75 Å². The number of benzene rings is 1. The van der Waals surface area contributed by atoms with Crippen LogP contribution in [0.4, 0.5) is 11.6 Å². The minimum Gasteiger partial charge on any atom is -0.497 e. The van der Waals surface area contributed by atoms with Crippen LogP contribution in [0.15, 0.2) is 42.7 Å². The molecule has 2 amide bonds. The lowest BCUT2D eigenvalue weighted by Gasteiger charge is -2.35. The summed E-state index contributed by atoms with van der Waals surface area (Å²) in [5, 5.41) is 0. The average molecular weight is 383 g/mol. The van der Waals surface area contributed by atoms with Gasteiger partial charge >= 0.3 is 0 Å². The lowest BCUT2D eigenvalue weighted by Crippen LogP contribution is -2.49. The molecule has 2 heterocycles. The molecule has 0 spiro atoms. The molecule has 0 radical (unpaired) electrons. The quantitative estimate of drug-likeness (QED) is 0.754. The van der Waals surface area contributed by atoms with Gasteiger partial charge in [0.1, 0.15) is 5.75 Å². The van der Waals surface area contributed by atoms with Crippen molar-refractivity contribution >= 4 is 23.5 Å². The largest absolute Gasteiger partial charge is 0.497 e. The van der Waals surface area contributed by atoms with Crippen molar-refractivity contribution in [2.45, 2.75) is 13.3 Å². The van der Waals surface area contributed by atoms with E-state index in [1.165, 1.54) is 6.92 Å². The lowest BCUT2D eigenvalue weighted by atomic mass is 10.2. The molecule has 8 nitrogen and oxygen atoms in total. The van der Waals surface area contributed by atoms with E-state index in [0.29, 0.717) is 44.4 Å². The fraction of sp³-hybridized carbons (Fsp3) is 0.400. The predicted octanol–water partition coefficient (Wildman–Crippen LogP) is 1.58. The normalized spacial score (nSPS) is 13.9. The molecule has 148 valence electrons. The molecule has 0 N–H and O–H groups in total. The first kappa shape index (κ1) is 19.6. The minimum atomic E-state index is -0.105. The highest BCUT2D eigenvalue weighted by molar-refractivity contribution is 5.92. The van der Waals surface area contributed by atoms with Crippen LogP contribution in [0.3, 0.4) is 0 Å². The highest BCUT2D eigenvalue weighted by Gasteiger charge is 2.23. The SMILES string of the molecule is COc1cccc(N(CCC(=O)N2CCN(c3ncccn3)CC2)C(C)=O)c1. The summed E-state index contributed by atoms with van der Waals surface area (Å²) in [5.41, 5.74) is 0.727. The second kappa shape index (κ2) is 9.16. The maximum Gasteiger partial charge on any atom is 0.225 e. The van der Waals surface area contributed by atoms with E-state index in [2.05, 4.69) is 14.9 Å². The summed E-state index contributed by atoms with van der Waals surface area (Å²) in [6, 6.07) is 9.07. The maximum atomic E-state index is 12.6. The zero-order valence-electron chi connectivity index (χ0n) is 16.2. The molecular weight excluding hydrogens is 358 g/mol. The third-order valence-electron chi connectivity index (χ3n) is 4.76. The number of methoxy groups -OCH3 is 1. The Morgan fingerprint density at radius 1 is 1.11 bits per heavy atom. The Morgan fingerprint density at radius 2 is 1.82 bits per heavy atom. The molecule has 1 aromatic heterocycles. The number of amides is 2. The topological polar surface area (TPSA) is 78.9 Å². The van der Waals surface area contributed by atoms with Gasteiger partial charge in [-0.25, -0.2) is 9.97 Å². The van der Waals surface area contributed by atoms with Crippen molar-refractivity contribution in [1.82, 2.24) is 14.9 Å². The van der Waals surface area contributed by atoms with Gasteiger partial charge in [-0.15, -0.1) is 0 Å². The van der Waals surface area contributed by atoms with Gasteiger partial charge in [0, 0.05) is 70.2 Å². The van der Waals surface area contributed by atoms with Crippen LogP contribution >= 0.6 is 0 Å². The van der Waals surface area contributed by atoms with Crippen LogP contribution in [0.5, 0.6) is 5.75 Å². The van der Waals surface area contributed by atoms with Gasteiger partial charge in [0.2, 0.25) is 17.8 Å². The van der Waals surface area contributed by atoms with Gasteiger partial charge in [0.15, 0.2) is 0 Å². The van der Waals surface area contributed by atoms with E-state index in [9.17, 15) is 9.59 Å². The van der Waals surface area contributed by atoms with Crippen molar-refractivity contribution < 1.29 is 14.3 Å². The molecule has 2 aromatic rings. The molecule has 1 aliphatic heterocycles. The third-order valence-corrected chi connectivity index (χ3v) is 4.76. The van der Waals surface area contributed by atoms with Gasteiger partial charge in [0.05, 0.1) is 7.11 Å². The first-order valence-electron chi connectivity index (χ1n) is 9.30.